The molecule has 2 aliphatic heterocycles. The van der Waals surface area contributed by atoms with Crippen LogP contribution in [0.25, 0.3) is 5.70 Å². The van der Waals surface area contributed by atoms with Gasteiger partial charge < -0.3 is 4.90 Å². The summed E-state index contributed by atoms with van der Waals surface area (Å²) in [7, 11) is 0. The Morgan fingerprint density at radius 2 is 1.71 bits per heavy atom. The number of carbonyl (C=O) groups is 1. The second-order valence-corrected chi connectivity index (χ2v) is 10.0. The van der Waals surface area contributed by atoms with E-state index in [0.717, 1.165) is 18.2 Å². The number of hydrogen-bond donors (Lipinski definition) is 1. The van der Waals surface area contributed by atoms with Gasteiger partial charge in [0, 0.05) is 5.56 Å². The molecule has 4 rings (SSSR count). The zero-order valence-corrected chi connectivity index (χ0v) is 20.6. The molecule has 0 aliphatic carbocycles. The quantitative estimate of drug-likeness (QED) is 0.345. The lowest BCUT2D eigenvalue weighted by molar-refractivity contribution is -0.269. The van der Waals surface area contributed by atoms with Gasteiger partial charge in [0.05, 0.1) is 39.6 Å². The Hall–Kier alpha value is -1.65. The zero-order chi connectivity index (χ0) is 24.9. The molecule has 1 saturated heterocycles. The number of nitrogens with zero attached hydrogens (tertiary/aromatic N) is 1. The summed E-state index contributed by atoms with van der Waals surface area (Å²) in [4.78, 5) is 18.4. The first kappa shape index (κ1) is 25.4. The van der Waals surface area contributed by atoms with Crippen molar-refractivity contribution in [1.82, 2.24) is 10.4 Å². The first-order valence-electron chi connectivity index (χ1n) is 9.85. The number of likely N-dealkylation sites (tertiary alicyclic amines) is 1. The first-order chi connectivity index (χ1) is 15.9. The summed E-state index contributed by atoms with van der Waals surface area (Å²) in [6.45, 7) is -0.129. The molecule has 0 aromatic heterocycles. The summed E-state index contributed by atoms with van der Waals surface area (Å²) in [5.74, 6) is 0.139. The highest BCUT2D eigenvalue weighted by molar-refractivity contribution is 7.99. The van der Waals surface area contributed by atoms with Crippen LogP contribution in [0.1, 0.15) is 16.7 Å². The summed E-state index contributed by atoms with van der Waals surface area (Å²) in [5, 5.41) is -0.372. The minimum absolute atomic E-state index is 0.0318. The van der Waals surface area contributed by atoms with Gasteiger partial charge in [-0.2, -0.15) is 24.9 Å². The molecule has 1 amide bonds. The van der Waals surface area contributed by atoms with Crippen molar-refractivity contribution in [2.75, 3.05) is 25.1 Å². The summed E-state index contributed by atoms with van der Waals surface area (Å²) >= 11 is 19.1. The molecule has 182 valence electrons. The molecule has 1 N–H and O–H groups in total. The normalized spacial score (nSPS) is 21.6. The third kappa shape index (κ3) is 4.37. The van der Waals surface area contributed by atoms with Crippen LogP contribution in [0.15, 0.2) is 42.5 Å². The molecule has 2 aromatic rings. The van der Waals surface area contributed by atoms with Crippen molar-refractivity contribution < 1.29 is 27.2 Å². The number of benzene rings is 2. The number of halogens is 7. The van der Waals surface area contributed by atoms with E-state index in [1.165, 1.54) is 40.9 Å². The number of hydrogen-bond acceptors (Lipinski definition) is 4. The molecular formula is C22H17Cl3F4N2O2S. The number of amides is 1. The van der Waals surface area contributed by atoms with Gasteiger partial charge in [-0.25, -0.2) is 4.39 Å². The van der Waals surface area contributed by atoms with Gasteiger partial charge >= 0.3 is 6.18 Å². The molecule has 12 heteroatoms. The molecule has 1 fully saturated rings. The van der Waals surface area contributed by atoms with Gasteiger partial charge in [-0.1, -0.05) is 59.1 Å². The van der Waals surface area contributed by atoms with Crippen molar-refractivity contribution in [3.63, 3.8) is 0 Å². The van der Waals surface area contributed by atoms with Crippen LogP contribution in [-0.4, -0.2) is 42.1 Å². The highest BCUT2D eigenvalue weighted by atomic mass is 35.5. The highest BCUT2D eigenvalue weighted by Crippen LogP contribution is 2.49. The number of alkyl halides is 4. The standard InChI is InChI=1S/C22H17Cl3F4N2O2S/c1-34-9-18(32)31-10-20(26,11-31)13-4-2-12(3-5-13)17-8-21(33-30-17,22(27,28)29)14-6-15(23)19(25)16(24)7-14/h2-8,30H,9-11H2,1H3. The fraction of sp³-hybridized carbons (Fsp3) is 0.318. The van der Waals surface area contributed by atoms with E-state index in [0.29, 0.717) is 11.1 Å². The molecule has 4 nitrogen and oxygen atoms in total. The molecule has 0 radical (unpaired) electrons. The van der Waals surface area contributed by atoms with Gasteiger partial charge in [-0.15, -0.1) is 0 Å². The van der Waals surface area contributed by atoms with E-state index >= 15 is 4.39 Å². The van der Waals surface area contributed by atoms with Crippen LogP contribution in [0.2, 0.25) is 15.1 Å². The molecule has 0 bridgehead atoms. The number of rotatable bonds is 5. The molecule has 1 atom stereocenters. The van der Waals surface area contributed by atoms with E-state index in [9.17, 15) is 18.0 Å². The van der Waals surface area contributed by atoms with Crippen LogP contribution in [-0.2, 0) is 20.9 Å². The summed E-state index contributed by atoms with van der Waals surface area (Å²) in [5.41, 5.74) is -1.89. The zero-order valence-electron chi connectivity index (χ0n) is 17.5. The van der Waals surface area contributed by atoms with Crippen LogP contribution in [0, 0.1) is 0 Å². The lowest BCUT2D eigenvalue weighted by Gasteiger charge is -2.44. The minimum atomic E-state index is -4.87. The maximum absolute atomic E-state index is 15.2. The maximum Gasteiger partial charge on any atom is 0.428 e. The number of nitrogens with one attached hydrogen (secondary N) is 1. The van der Waals surface area contributed by atoms with Crippen LogP contribution in [0.3, 0.4) is 0 Å². The highest BCUT2D eigenvalue weighted by Gasteiger charge is 2.60. The second kappa shape index (κ2) is 9.09. The van der Waals surface area contributed by atoms with Crippen molar-refractivity contribution in [3.8, 4) is 0 Å². The predicted molar refractivity (Wildman–Crippen MR) is 126 cm³/mol. The van der Waals surface area contributed by atoms with Crippen LogP contribution >= 0.6 is 46.6 Å². The van der Waals surface area contributed by atoms with Gasteiger partial charge in [-0.05, 0) is 35.6 Å². The smallest absolute Gasteiger partial charge is 0.335 e. The third-order valence-corrected chi connectivity index (χ3v) is 7.45. The first-order valence-corrected chi connectivity index (χ1v) is 12.4. The van der Waals surface area contributed by atoms with E-state index in [-0.39, 0.29) is 51.1 Å². The van der Waals surface area contributed by atoms with E-state index in [2.05, 4.69) is 5.48 Å². The average molecular weight is 556 g/mol. The Kier molecular flexibility index (Phi) is 6.81. The van der Waals surface area contributed by atoms with Crippen LogP contribution < -0.4 is 5.48 Å². The minimum Gasteiger partial charge on any atom is -0.335 e. The van der Waals surface area contributed by atoms with Crippen molar-refractivity contribution in [1.29, 1.82) is 0 Å². The molecule has 34 heavy (non-hydrogen) atoms. The van der Waals surface area contributed by atoms with E-state index < -0.39 is 17.4 Å². The average Bonchev–Trinajstić information content (AvgIpc) is 3.22. The lowest BCUT2D eigenvalue weighted by Crippen LogP contribution is -2.59. The van der Waals surface area contributed by atoms with Gasteiger partial charge in [-0.3, -0.25) is 15.1 Å². The molecular weight excluding hydrogens is 539 g/mol. The van der Waals surface area contributed by atoms with Gasteiger partial charge in [0.15, 0.2) is 5.67 Å². The maximum atomic E-state index is 15.2. The molecule has 0 spiro atoms. The Labute approximate surface area is 212 Å². The van der Waals surface area contributed by atoms with E-state index in [1.54, 1.807) is 6.26 Å². The second-order valence-electron chi connectivity index (χ2n) is 7.97. The molecule has 1 unspecified atom stereocenters. The SMILES string of the molecule is CSCC(=O)N1CC(F)(c2ccc(C3=CC(c4cc(Cl)c(Cl)c(Cl)c4)(C(F)(F)F)ON3)cc2)C1. The molecule has 2 aromatic carbocycles. The number of carbonyl (C=O) groups excluding carboxylic acids is 1. The lowest BCUT2D eigenvalue weighted by atomic mass is 9.87. The summed E-state index contributed by atoms with van der Waals surface area (Å²) in [6, 6.07) is 8.02. The fourth-order valence-electron chi connectivity index (χ4n) is 3.84. The van der Waals surface area contributed by atoms with E-state index in [1.807, 2.05) is 0 Å². The molecule has 0 saturated carbocycles. The fourth-order valence-corrected chi connectivity index (χ4v) is 4.86. The monoisotopic (exact) mass is 554 g/mol. The van der Waals surface area contributed by atoms with Crippen molar-refractivity contribution in [3.05, 3.63) is 74.2 Å². The van der Waals surface area contributed by atoms with Crippen molar-refractivity contribution >= 4 is 58.2 Å². The Morgan fingerprint density at radius 3 is 2.24 bits per heavy atom. The van der Waals surface area contributed by atoms with Gasteiger partial charge in [0.1, 0.15) is 0 Å². The largest absolute Gasteiger partial charge is 0.428 e. The number of thioether (sulfide) groups is 1. The van der Waals surface area contributed by atoms with Crippen molar-refractivity contribution in [2.24, 2.45) is 0 Å². The molecule has 2 aliphatic rings. The molecule has 2 heterocycles. The number of hydroxylamine groups is 1. The summed E-state index contributed by atoms with van der Waals surface area (Å²) in [6.07, 6.45) is -2.21. The Balaban J connectivity index is 1.61. The van der Waals surface area contributed by atoms with Gasteiger partial charge in [0.2, 0.25) is 11.5 Å². The van der Waals surface area contributed by atoms with Crippen LogP contribution in [0.4, 0.5) is 17.6 Å². The topological polar surface area (TPSA) is 41.6 Å². The van der Waals surface area contributed by atoms with Crippen molar-refractivity contribution in [2.45, 2.75) is 17.4 Å². The van der Waals surface area contributed by atoms with Crippen LogP contribution in [0.5, 0.6) is 0 Å². The predicted octanol–water partition coefficient (Wildman–Crippen LogP) is 6.35. The Bertz CT molecular complexity index is 1130. The summed E-state index contributed by atoms with van der Waals surface area (Å²) < 4.78 is 57.7. The van der Waals surface area contributed by atoms with E-state index in [4.69, 9.17) is 39.6 Å². The third-order valence-electron chi connectivity index (χ3n) is 5.72. The van der Waals surface area contributed by atoms with Gasteiger partial charge in [0.25, 0.3) is 0 Å². The Morgan fingerprint density at radius 1 is 1.12 bits per heavy atom.